The average Bonchev–Trinajstić information content (AvgIpc) is 2.82. The number of rotatable bonds is 8. The van der Waals surface area contributed by atoms with E-state index in [0.717, 1.165) is 22.3 Å². The lowest BCUT2D eigenvalue weighted by molar-refractivity contribution is -0.157. The van der Waals surface area contributed by atoms with Crippen LogP contribution < -0.4 is 5.32 Å². The van der Waals surface area contributed by atoms with Gasteiger partial charge >= 0.3 is 17.9 Å². The van der Waals surface area contributed by atoms with E-state index in [1.165, 1.54) is 24.3 Å². The molecule has 0 spiro atoms. The molecule has 2 atom stereocenters. The number of ether oxygens (including phenoxy) is 2. The first kappa shape index (κ1) is 26.2. The number of anilines is 1. The lowest BCUT2D eigenvalue weighted by atomic mass is 10.1. The Morgan fingerprint density at radius 3 is 1.67 bits per heavy atom. The lowest BCUT2D eigenvalue weighted by Gasteiger charge is -2.24. The van der Waals surface area contributed by atoms with Crippen LogP contribution in [0.15, 0.2) is 66.7 Å². The molecule has 0 fully saturated rings. The highest BCUT2D eigenvalue weighted by Crippen LogP contribution is 2.20. The molecule has 0 aliphatic heterocycles. The third-order valence-electron chi connectivity index (χ3n) is 5.39. The van der Waals surface area contributed by atoms with Crippen molar-refractivity contribution in [2.45, 2.75) is 39.9 Å². The molecule has 186 valence electrons. The normalized spacial score (nSPS) is 12.2. The number of carbonyl (C=O) groups is 4. The Bertz CT molecular complexity index is 1310. The molecule has 8 heteroatoms. The quantitative estimate of drug-likeness (QED) is 0.450. The van der Waals surface area contributed by atoms with Crippen LogP contribution in [0.2, 0.25) is 0 Å². The number of hydrogen-bond donors (Lipinski definition) is 2. The zero-order valence-corrected chi connectivity index (χ0v) is 20.4. The smallest absolute Gasteiger partial charge is 0.349 e. The van der Waals surface area contributed by atoms with E-state index in [-0.39, 0.29) is 11.1 Å². The van der Waals surface area contributed by atoms with E-state index in [1.54, 1.807) is 57.2 Å². The van der Waals surface area contributed by atoms with E-state index in [9.17, 15) is 24.3 Å². The lowest BCUT2D eigenvalue weighted by Crippen LogP contribution is -2.48. The zero-order chi connectivity index (χ0) is 26.4. The number of carbonyl (C=O) groups excluding carboxylic acids is 3. The van der Waals surface area contributed by atoms with Crippen molar-refractivity contribution >= 4 is 29.5 Å². The van der Waals surface area contributed by atoms with Crippen LogP contribution in [-0.2, 0) is 19.1 Å². The van der Waals surface area contributed by atoms with E-state index in [4.69, 9.17) is 9.47 Å². The number of aryl methyl sites for hydroxylation is 4. The Hall–Kier alpha value is -4.46. The fraction of sp³-hybridized carbons (Fsp3) is 0.214. The fourth-order valence-electron chi connectivity index (χ4n) is 3.56. The molecule has 0 saturated carbocycles. The summed E-state index contributed by atoms with van der Waals surface area (Å²) in [5.74, 6) is -4.50. The van der Waals surface area contributed by atoms with Crippen LogP contribution in [0.5, 0.6) is 0 Å². The van der Waals surface area contributed by atoms with Crippen molar-refractivity contribution in [2.24, 2.45) is 0 Å². The molecular weight excluding hydrogens is 462 g/mol. The predicted octanol–water partition coefficient (Wildman–Crippen LogP) is 4.39. The molecule has 3 aromatic carbocycles. The Balaban J connectivity index is 1.94. The van der Waals surface area contributed by atoms with Crippen molar-refractivity contribution in [3.05, 3.63) is 100 Å². The molecule has 3 rings (SSSR count). The van der Waals surface area contributed by atoms with Gasteiger partial charge < -0.3 is 19.9 Å². The average molecular weight is 490 g/mol. The summed E-state index contributed by atoms with van der Waals surface area (Å²) in [5, 5.41) is 12.5. The number of hydrogen-bond acceptors (Lipinski definition) is 6. The maximum Gasteiger partial charge on any atom is 0.349 e. The van der Waals surface area contributed by atoms with Crippen molar-refractivity contribution in [3.63, 3.8) is 0 Å². The molecule has 1 amide bonds. The first-order valence-electron chi connectivity index (χ1n) is 11.2. The second-order valence-electron chi connectivity index (χ2n) is 8.54. The Morgan fingerprint density at radius 1 is 0.694 bits per heavy atom. The van der Waals surface area contributed by atoms with E-state index in [0.29, 0.717) is 5.69 Å². The van der Waals surface area contributed by atoms with Crippen LogP contribution >= 0.6 is 0 Å². The number of amides is 1. The van der Waals surface area contributed by atoms with Gasteiger partial charge in [0.2, 0.25) is 12.2 Å². The van der Waals surface area contributed by atoms with E-state index in [1.807, 2.05) is 13.0 Å². The van der Waals surface area contributed by atoms with Crippen LogP contribution in [0.1, 0.15) is 43.0 Å². The molecule has 8 nitrogen and oxygen atoms in total. The summed E-state index contributed by atoms with van der Waals surface area (Å²) in [7, 11) is 0. The van der Waals surface area contributed by atoms with Gasteiger partial charge in [0.25, 0.3) is 5.91 Å². The van der Waals surface area contributed by atoms with Gasteiger partial charge in [-0.3, -0.25) is 4.79 Å². The molecule has 3 aromatic rings. The van der Waals surface area contributed by atoms with Gasteiger partial charge in [0, 0.05) is 5.69 Å². The summed E-state index contributed by atoms with van der Waals surface area (Å²) in [6.45, 7) is 7.18. The number of nitrogens with one attached hydrogen (secondary N) is 1. The van der Waals surface area contributed by atoms with Gasteiger partial charge in [-0.15, -0.1) is 0 Å². The molecule has 2 N–H and O–H groups in total. The number of aliphatic carboxylic acids is 1. The summed E-state index contributed by atoms with van der Waals surface area (Å²) in [6, 6.07) is 18.0. The third-order valence-corrected chi connectivity index (χ3v) is 5.39. The molecule has 0 heterocycles. The number of benzene rings is 3. The minimum absolute atomic E-state index is 0.0970. The van der Waals surface area contributed by atoms with Crippen LogP contribution in [-0.4, -0.2) is 41.1 Å². The monoisotopic (exact) mass is 489 g/mol. The standard InChI is InChI=1S/C28H27NO7/c1-16-7-5-9-20(14-16)27(33)35-23(25(30)29-22-12-11-18(3)13-19(22)4)24(26(31)32)36-28(34)21-10-6-8-17(2)15-21/h5-15,23-24H,1-4H3,(H,29,30)(H,31,32)/t23-,24-/m0/s1. The summed E-state index contributed by atoms with van der Waals surface area (Å²) >= 11 is 0. The zero-order valence-electron chi connectivity index (χ0n) is 20.4. The molecular formula is C28H27NO7. The maximum absolute atomic E-state index is 13.3. The second-order valence-corrected chi connectivity index (χ2v) is 8.54. The summed E-state index contributed by atoms with van der Waals surface area (Å²) in [6.07, 6.45) is -4.07. The highest BCUT2D eigenvalue weighted by atomic mass is 16.6. The molecule has 0 radical (unpaired) electrons. The van der Waals surface area contributed by atoms with Crippen LogP contribution in [0.3, 0.4) is 0 Å². The van der Waals surface area contributed by atoms with Crippen molar-refractivity contribution in [1.29, 1.82) is 0 Å². The fourth-order valence-corrected chi connectivity index (χ4v) is 3.56. The van der Waals surface area contributed by atoms with Gasteiger partial charge in [-0.1, -0.05) is 53.1 Å². The predicted molar refractivity (Wildman–Crippen MR) is 133 cm³/mol. The highest BCUT2D eigenvalue weighted by Gasteiger charge is 2.41. The molecule has 0 aliphatic rings. The SMILES string of the molecule is Cc1cccc(C(=O)O[C@H](C(=O)O)[C@H](OC(=O)c2cccc(C)c2)C(=O)Nc2ccc(C)cc2C)c1. The van der Waals surface area contributed by atoms with Crippen molar-refractivity contribution in [3.8, 4) is 0 Å². The van der Waals surface area contributed by atoms with Gasteiger partial charge in [0.1, 0.15) is 0 Å². The molecule has 0 aliphatic carbocycles. The van der Waals surface area contributed by atoms with Gasteiger partial charge in [-0.25, -0.2) is 14.4 Å². The van der Waals surface area contributed by atoms with Crippen LogP contribution in [0.4, 0.5) is 5.69 Å². The number of esters is 2. The van der Waals surface area contributed by atoms with Crippen LogP contribution in [0, 0.1) is 27.7 Å². The Labute approximate surface area is 208 Å². The first-order chi connectivity index (χ1) is 17.0. The Kier molecular flexibility index (Phi) is 8.22. The van der Waals surface area contributed by atoms with Gasteiger partial charge in [0.15, 0.2) is 0 Å². The molecule has 0 bridgehead atoms. The van der Waals surface area contributed by atoms with E-state index >= 15 is 0 Å². The van der Waals surface area contributed by atoms with Crippen molar-refractivity contribution < 1.29 is 33.8 Å². The summed E-state index contributed by atoms with van der Waals surface area (Å²) < 4.78 is 10.6. The topological polar surface area (TPSA) is 119 Å². The Morgan fingerprint density at radius 2 is 1.19 bits per heavy atom. The van der Waals surface area contributed by atoms with E-state index < -0.39 is 36.0 Å². The molecule has 0 unspecified atom stereocenters. The molecule has 0 saturated heterocycles. The number of carboxylic acids is 1. The van der Waals surface area contributed by atoms with Gasteiger partial charge in [-0.2, -0.15) is 0 Å². The highest BCUT2D eigenvalue weighted by molar-refractivity contribution is 6.01. The molecule has 36 heavy (non-hydrogen) atoms. The third kappa shape index (κ3) is 6.56. The molecule has 0 aromatic heterocycles. The second kappa shape index (κ2) is 11.3. The van der Waals surface area contributed by atoms with Gasteiger partial charge in [-0.05, 0) is 63.6 Å². The number of carboxylic acid groups (broad SMARTS) is 1. The first-order valence-corrected chi connectivity index (χ1v) is 11.2. The minimum Gasteiger partial charge on any atom is -0.478 e. The van der Waals surface area contributed by atoms with Crippen LogP contribution in [0.25, 0.3) is 0 Å². The van der Waals surface area contributed by atoms with Crippen molar-refractivity contribution in [2.75, 3.05) is 5.32 Å². The minimum atomic E-state index is -2.10. The summed E-state index contributed by atoms with van der Waals surface area (Å²) in [4.78, 5) is 51.0. The summed E-state index contributed by atoms with van der Waals surface area (Å²) in [5.41, 5.74) is 3.82. The largest absolute Gasteiger partial charge is 0.478 e. The van der Waals surface area contributed by atoms with E-state index in [2.05, 4.69) is 5.32 Å². The van der Waals surface area contributed by atoms with Gasteiger partial charge in [0.05, 0.1) is 11.1 Å². The van der Waals surface area contributed by atoms with Crippen molar-refractivity contribution in [1.82, 2.24) is 0 Å². The maximum atomic E-state index is 13.3.